The van der Waals surface area contributed by atoms with Crippen LogP contribution in [0.4, 0.5) is 5.69 Å². The minimum Gasteiger partial charge on any atom is -0.325 e. The maximum Gasteiger partial charge on any atom is 0.237 e. The van der Waals surface area contributed by atoms with Gasteiger partial charge in [-0.15, -0.1) is 5.10 Å². The summed E-state index contributed by atoms with van der Waals surface area (Å²) in [6, 6.07) is 5.96. The molecular formula is C16H23N5OS. The highest BCUT2D eigenvalue weighted by Crippen LogP contribution is 2.27. The van der Waals surface area contributed by atoms with E-state index in [-0.39, 0.29) is 16.7 Å². The number of hydrogen-bond acceptors (Lipinski definition) is 5. The van der Waals surface area contributed by atoms with Crippen molar-refractivity contribution < 1.29 is 4.79 Å². The van der Waals surface area contributed by atoms with Crippen LogP contribution in [0.15, 0.2) is 23.4 Å². The minimum absolute atomic E-state index is 0.0594. The van der Waals surface area contributed by atoms with Gasteiger partial charge in [-0.25, -0.2) is 4.68 Å². The number of nitrogens with zero attached hydrogens (tertiary/aromatic N) is 4. The summed E-state index contributed by atoms with van der Waals surface area (Å²) in [6.07, 6.45) is 0. The van der Waals surface area contributed by atoms with Crippen LogP contribution in [0.5, 0.6) is 0 Å². The van der Waals surface area contributed by atoms with E-state index in [0.29, 0.717) is 5.16 Å². The van der Waals surface area contributed by atoms with Crippen molar-refractivity contribution in [2.24, 2.45) is 0 Å². The molecule has 6 nitrogen and oxygen atoms in total. The van der Waals surface area contributed by atoms with Crippen LogP contribution in [0.3, 0.4) is 0 Å². The molecule has 1 amide bonds. The molecule has 1 N–H and O–H groups in total. The average molecular weight is 333 g/mol. The summed E-state index contributed by atoms with van der Waals surface area (Å²) < 4.78 is 1.74. The van der Waals surface area contributed by atoms with Crippen molar-refractivity contribution in [3.05, 3.63) is 29.3 Å². The fourth-order valence-electron chi connectivity index (χ4n) is 2.12. The van der Waals surface area contributed by atoms with Gasteiger partial charge in [-0.2, -0.15) is 0 Å². The lowest BCUT2D eigenvalue weighted by Crippen LogP contribution is -2.27. The van der Waals surface area contributed by atoms with Crippen LogP contribution >= 0.6 is 11.8 Å². The largest absolute Gasteiger partial charge is 0.325 e. The van der Waals surface area contributed by atoms with Gasteiger partial charge in [0, 0.05) is 5.69 Å². The monoisotopic (exact) mass is 333 g/mol. The van der Waals surface area contributed by atoms with Crippen LogP contribution in [0.25, 0.3) is 0 Å². The van der Waals surface area contributed by atoms with E-state index in [1.54, 1.807) is 4.68 Å². The number of thioether (sulfide) groups is 1. The van der Waals surface area contributed by atoms with Gasteiger partial charge in [-0.05, 0) is 63.1 Å². The highest BCUT2D eigenvalue weighted by Gasteiger charge is 2.24. The number of hydrogen-bond donors (Lipinski definition) is 1. The van der Waals surface area contributed by atoms with Gasteiger partial charge in [0.25, 0.3) is 0 Å². The van der Waals surface area contributed by atoms with Crippen LogP contribution in [0.2, 0.25) is 0 Å². The molecule has 0 aliphatic carbocycles. The Morgan fingerprint density at radius 2 is 1.87 bits per heavy atom. The summed E-state index contributed by atoms with van der Waals surface area (Å²) in [7, 11) is 0. The number of nitrogens with one attached hydrogen (secondary N) is 1. The van der Waals surface area contributed by atoms with Crippen molar-refractivity contribution in [1.82, 2.24) is 20.2 Å². The van der Waals surface area contributed by atoms with E-state index in [1.165, 1.54) is 11.8 Å². The van der Waals surface area contributed by atoms with E-state index >= 15 is 0 Å². The second-order valence-corrected chi connectivity index (χ2v) is 7.87. The maximum absolute atomic E-state index is 12.5. The molecule has 0 saturated carbocycles. The molecule has 1 aromatic carbocycles. The molecule has 0 aliphatic rings. The van der Waals surface area contributed by atoms with E-state index in [0.717, 1.165) is 16.8 Å². The van der Waals surface area contributed by atoms with E-state index in [1.807, 2.05) is 59.7 Å². The van der Waals surface area contributed by atoms with Crippen molar-refractivity contribution >= 4 is 23.4 Å². The number of aromatic nitrogens is 4. The van der Waals surface area contributed by atoms with Crippen molar-refractivity contribution in [3.8, 4) is 0 Å². The second kappa shape index (κ2) is 6.70. The molecule has 1 aromatic heterocycles. The van der Waals surface area contributed by atoms with Crippen molar-refractivity contribution in [2.75, 3.05) is 5.32 Å². The first-order valence-corrected chi connectivity index (χ1v) is 8.40. The van der Waals surface area contributed by atoms with Crippen LogP contribution in [-0.2, 0) is 10.3 Å². The summed E-state index contributed by atoms with van der Waals surface area (Å²) in [5, 5.41) is 15.1. The Kier molecular flexibility index (Phi) is 5.09. The quantitative estimate of drug-likeness (QED) is 0.870. The Labute approximate surface area is 141 Å². The number of benzene rings is 1. The van der Waals surface area contributed by atoms with Gasteiger partial charge in [0.2, 0.25) is 11.1 Å². The highest BCUT2D eigenvalue weighted by atomic mass is 32.2. The highest BCUT2D eigenvalue weighted by molar-refractivity contribution is 8.00. The number of carbonyl (C=O) groups excluding carboxylic acids is 1. The van der Waals surface area contributed by atoms with Crippen LogP contribution in [-0.4, -0.2) is 31.4 Å². The third kappa shape index (κ3) is 4.10. The predicted molar refractivity (Wildman–Crippen MR) is 92.7 cm³/mol. The molecule has 0 fully saturated rings. The van der Waals surface area contributed by atoms with Gasteiger partial charge in [0.1, 0.15) is 0 Å². The van der Waals surface area contributed by atoms with E-state index < -0.39 is 0 Å². The second-order valence-electron chi connectivity index (χ2n) is 6.56. The Morgan fingerprint density at radius 3 is 2.43 bits per heavy atom. The smallest absolute Gasteiger partial charge is 0.237 e. The number of tetrazole rings is 1. The third-order valence-corrected chi connectivity index (χ3v) is 4.49. The Morgan fingerprint density at radius 1 is 1.26 bits per heavy atom. The zero-order valence-corrected chi connectivity index (χ0v) is 15.2. The summed E-state index contributed by atoms with van der Waals surface area (Å²) in [5.74, 6) is -0.0594. The molecule has 124 valence electrons. The molecular weight excluding hydrogens is 310 g/mol. The number of anilines is 1. The topological polar surface area (TPSA) is 72.7 Å². The lowest BCUT2D eigenvalue weighted by atomic mass is 10.1. The summed E-state index contributed by atoms with van der Waals surface area (Å²) in [6.45, 7) is 11.9. The number of aryl methyl sites for hydroxylation is 2. The Hall–Kier alpha value is -1.89. The van der Waals surface area contributed by atoms with E-state index in [2.05, 4.69) is 20.8 Å². The fraction of sp³-hybridized carbons (Fsp3) is 0.500. The third-order valence-electron chi connectivity index (χ3n) is 3.46. The van der Waals surface area contributed by atoms with Crippen LogP contribution < -0.4 is 5.32 Å². The first-order valence-electron chi connectivity index (χ1n) is 7.52. The van der Waals surface area contributed by atoms with Gasteiger partial charge in [-0.3, -0.25) is 4.79 Å². The van der Waals surface area contributed by atoms with Gasteiger partial charge in [0.05, 0.1) is 10.8 Å². The molecule has 0 spiro atoms. The Bertz CT molecular complexity index is 684. The first kappa shape index (κ1) is 17.5. The Balaban J connectivity index is 2.11. The molecule has 7 heteroatoms. The number of amides is 1. The molecule has 1 unspecified atom stereocenters. The zero-order valence-electron chi connectivity index (χ0n) is 14.4. The van der Waals surface area contributed by atoms with Crippen molar-refractivity contribution in [2.45, 2.75) is 57.5 Å². The van der Waals surface area contributed by atoms with Gasteiger partial charge in [-0.1, -0.05) is 30.0 Å². The summed E-state index contributed by atoms with van der Waals surface area (Å²) in [5.41, 5.74) is 2.75. The van der Waals surface area contributed by atoms with Gasteiger partial charge >= 0.3 is 0 Å². The summed E-state index contributed by atoms with van der Waals surface area (Å²) >= 11 is 1.36. The maximum atomic E-state index is 12.5. The fourth-order valence-corrected chi connectivity index (χ4v) is 3.10. The molecule has 1 heterocycles. The van der Waals surface area contributed by atoms with Crippen molar-refractivity contribution in [1.29, 1.82) is 0 Å². The SMILES string of the molecule is Cc1cccc(C)c1NC(=O)C(C)Sc1nnnn1C(C)(C)C. The molecule has 1 atom stereocenters. The molecule has 0 saturated heterocycles. The van der Waals surface area contributed by atoms with Gasteiger partial charge < -0.3 is 5.32 Å². The van der Waals surface area contributed by atoms with E-state index in [9.17, 15) is 4.79 Å². The molecule has 2 aromatic rings. The predicted octanol–water partition coefficient (Wildman–Crippen LogP) is 3.16. The first-order chi connectivity index (χ1) is 10.7. The number of para-hydroxylation sites is 1. The number of rotatable bonds is 4. The lowest BCUT2D eigenvalue weighted by molar-refractivity contribution is -0.115. The van der Waals surface area contributed by atoms with E-state index in [4.69, 9.17) is 0 Å². The molecule has 2 rings (SSSR count). The van der Waals surface area contributed by atoms with Crippen LogP contribution in [0.1, 0.15) is 38.8 Å². The summed E-state index contributed by atoms with van der Waals surface area (Å²) in [4.78, 5) is 12.5. The molecule has 0 radical (unpaired) electrons. The van der Waals surface area contributed by atoms with Crippen molar-refractivity contribution in [3.63, 3.8) is 0 Å². The zero-order chi connectivity index (χ0) is 17.2. The molecule has 0 aliphatic heterocycles. The molecule has 0 bridgehead atoms. The minimum atomic E-state index is -0.305. The lowest BCUT2D eigenvalue weighted by Gasteiger charge is -2.20. The van der Waals surface area contributed by atoms with Crippen LogP contribution in [0, 0.1) is 13.8 Å². The van der Waals surface area contributed by atoms with Gasteiger partial charge in [0.15, 0.2) is 0 Å². The standard InChI is InChI=1S/C16H23N5OS/c1-10-8-7-9-11(2)13(10)17-14(22)12(3)23-15-18-19-20-21(15)16(4,5)6/h7-9,12H,1-6H3,(H,17,22). The number of carbonyl (C=O) groups is 1. The average Bonchev–Trinajstić information content (AvgIpc) is 2.91. The molecule has 23 heavy (non-hydrogen) atoms. The normalized spacial score (nSPS) is 13.0.